The molecule has 12 heteroatoms. The standard InChI is InChI=1S/C38H46FN5O6/c1-48-32-21-27(22-33(49-2)35(32)50-3)24-43-20-16-38(36(43)47,23-26-9-11-28(39)12-10-26)15-6-17-42-18-13-29(14-19-42)40-37-41-30-7-4-5-8-31(30)44(37)25-34(45)46/h4-5,7-12,21-22,29H,6,13-20,23-25H2,1-3H3,(H,40,41)(H,45,46). The number of carboxylic acids is 1. The Morgan fingerprint density at radius 3 is 2.34 bits per heavy atom. The minimum Gasteiger partial charge on any atom is -0.493 e. The highest BCUT2D eigenvalue weighted by Crippen LogP contribution is 2.43. The average Bonchev–Trinajstić information content (AvgIpc) is 3.61. The number of halogens is 1. The summed E-state index contributed by atoms with van der Waals surface area (Å²) >= 11 is 0. The minimum absolute atomic E-state index is 0.114. The first kappa shape index (κ1) is 35.0. The van der Waals surface area contributed by atoms with E-state index in [-0.39, 0.29) is 24.3 Å². The molecule has 0 bridgehead atoms. The number of hydrogen-bond donors (Lipinski definition) is 2. The lowest BCUT2D eigenvalue weighted by Crippen LogP contribution is -2.41. The number of amides is 1. The van der Waals surface area contributed by atoms with Crippen LogP contribution in [0.15, 0.2) is 60.7 Å². The zero-order valence-corrected chi connectivity index (χ0v) is 29.0. The van der Waals surface area contributed by atoms with Gasteiger partial charge in [0.25, 0.3) is 0 Å². The van der Waals surface area contributed by atoms with E-state index in [4.69, 9.17) is 14.2 Å². The van der Waals surface area contributed by atoms with Crippen molar-refractivity contribution in [2.24, 2.45) is 5.41 Å². The van der Waals surface area contributed by atoms with Gasteiger partial charge in [-0.2, -0.15) is 0 Å². The van der Waals surface area contributed by atoms with Gasteiger partial charge in [0.1, 0.15) is 12.4 Å². The third-order valence-corrected chi connectivity index (χ3v) is 10.2. The number of nitrogens with one attached hydrogen (secondary N) is 1. The van der Waals surface area contributed by atoms with E-state index in [1.807, 2.05) is 41.3 Å². The molecular formula is C38H46FN5O6. The number of aromatic nitrogens is 2. The molecule has 2 aliphatic rings. The summed E-state index contributed by atoms with van der Waals surface area (Å²) in [6, 6.07) is 18.0. The van der Waals surface area contributed by atoms with Crippen molar-refractivity contribution in [3.05, 3.63) is 77.6 Å². The van der Waals surface area contributed by atoms with Crippen LogP contribution in [0.5, 0.6) is 17.2 Å². The number of carboxylic acid groups (broad SMARTS) is 1. The molecule has 2 saturated heterocycles. The van der Waals surface area contributed by atoms with Gasteiger partial charge in [0.05, 0.1) is 37.8 Å². The lowest BCUT2D eigenvalue weighted by atomic mass is 9.76. The normalized spacial score (nSPS) is 18.5. The molecule has 1 unspecified atom stereocenters. The molecule has 0 spiro atoms. The van der Waals surface area contributed by atoms with E-state index in [2.05, 4.69) is 15.2 Å². The number of imidazole rings is 1. The van der Waals surface area contributed by atoms with E-state index in [1.54, 1.807) is 38.0 Å². The largest absolute Gasteiger partial charge is 0.493 e. The number of anilines is 1. The highest BCUT2D eigenvalue weighted by molar-refractivity contribution is 5.85. The van der Waals surface area contributed by atoms with Crippen LogP contribution < -0.4 is 19.5 Å². The van der Waals surface area contributed by atoms with Gasteiger partial charge in [-0.3, -0.25) is 14.2 Å². The van der Waals surface area contributed by atoms with Crippen LogP contribution in [-0.4, -0.2) is 89.9 Å². The van der Waals surface area contributed by atoms with Crippen molar-refractivity contribution in [1.29, 1.82) is 0 Å². The van der Waals surface area contributed by atoms with Gasteiger partial charge in [-0.15, -0.1) is 0 Å². The minimum atomic E-state index is -0.909. The van der Waals surface area contributed by atoms with Gasteiger partial charge in [-0.25, -0.2) is 9.37 Å². The number of aliphatic carboxylic acids is 1. The molecule has 1 amide bonds. The number of carbonyl (C=O) groups excluding carboxylic acids is 1. The number of likely N-dealkylation sites (tertiary alicyclic amines) is 2. The van der Waals surface area contributed by atoms with E-state index < -0.39 is 11.4 Å². The van der Waals surface area contributed by atoms with Crippen molar-refractivity contribution in [3.63, 3.8) is 0 Å². The number of nitrogens with zero attached hydrogens (tertiary/aromatic N) is 4. The summed E-state index contributed by atoms with van der Waals surface area (Å²) in [4.78, 5) is 34.9. The monoisotopic (exact) mass is 687 g/mol. The van der Waals surface area contributed by atoms with E-state index in [1.165, 1.54) is 12.1 Å². The number of rotatable bonds is 15. The molecule has 2 N–H and O–H groups in total. The maximum absolute atomic E-state index is 14.3. The Bertz CT molecular complexity index is 1780. The summed E-state index contributed by atoms with van der Waals surface area (Å²) in [6.45, 7) is 3.55. The first-order valence-corrected chi connectivity index (χ1v) is 17.2. The maximum atomic E-state index is 14.3. The molecule has 4 aromatic rings. The van der Waals surface area contributed by atoms with Crippen LogP contribution in [0.25, 0.3) is 11.0 Å². The Labute approximate surface area is 291 Å². The van der Waals surface area contributed by atoms with Crippen LogP contribution in [0, 0.1) is 11.2 Å². The topological polar surface area (TPSA) is 118 Å². The van der Waals surface area contributed by atoms with E-state index in [0.29, 0.717) is 42.7 Å². The summed E-state index contributed by atoms with van der Waals surface area (Å²) in [6.07, 6.45) is 4.67. The van der Waals surface area contributed by atoms with Crippen molar-refractivity contribution < 1.29 is 33.3 Å². The van der Waals surface area contributed by atoms with Gasteiger partial charge < -0.3 is 34.4 Å². The van der Waals surface area contributed by atoms with E-state index in [0.717, 1.165) is 73.9 Å². The number of hydrogen-bond acceptors (Lipinski definition) is 8. The second-order valence-electron chi connectivity index (χ2n) is 13.4. The Kier molecular flexibility index (Phi) is 10.8. The third-order valence-electron chi connectivity index (χ3n) is 10.2. The Balaban J connectivity index is 1.09. The number of piperidine rings is 1. The fraction of sp³-hybridized carbons (Fsp3) is 0.447. The number of methoxy groups -OCH3 is 3. The van der Waals surface area contributed by atoms with Crippen molar-refractivity contribution in [1.82, 2.24) is 19.4 Å². The number of carbonyl (C=O) groups is 2. The molecule has 266 valence electrons. The van der Waals surface area contributed by atoms with Crippen molar-refractivity contribution >= 4 is 28.9 Å². The summed E-state index contributed by atoms with van der Waals surface area (Å²) in [5.41, 5.74) is 2.83. The van der Waals surface area contributed by atoms with Gasteiger partial charge in [0.15, 0.2) is 11.5 Å². The van der Waals surface area contributed by atoms with Crippen LogP contribution >= 0.6 is 0 Å². The van der Waals surface area contributed by atoms with Crippen LogP contribution in [0.4, 0.5) is 10.3 Å². The molecule has 0 aliphatic carbocycles. The summed E-state index contributed by atoms with van der Waals surface area (Å²) in [5, 5.41) is 13.0. The molecule has 11 nitrogen and oxygen atoms in total. The van der Waals surface area contributed by atoms with Crippen LogP contribution in [0.3, 0.4) is 0 Å². The maximum Gasteiger partial charge on any atom is 0.323 e. The second kappa shape index (κ2) is 15.4. The van der Waals surface area contributed by atoms with Gasteiger partial charge >= 0.3 is 5.97 Å². The summed E-state index contributed by atoms with van der Waals surface area (Å²) in [7, 11) is 4.72. The molecule has 0 saturated carbocycles. The van der Waals surface area contributed by atoms with Crippen LogP contribution in [0.2, 0.25) is 0 Å². The number of benzene rings is 3. The predicted molar refractivity (Wildman–Crippen MR) is 188 cm³/mol. The first-order valence-electron chi connectivity index (χ1n) is 17.2. The molecule has 3 aromatic carbocycles. The smallest absolute Gasteiger partial charge is 0.323 e. The highest BCUT2D eigenvalue weighted by Gasteiger charge is 2.46. The quantitative estimate of drug-likeness (QED) is 0.165. The number of ether oxygens (including phenoxy) is 3. The van der Waals surface area contributed by atoms with E-state index in [9.17, 15) is 19.1 Å². The fourth-order valence-corrected chi connectivity index (χ4v) is 7.57. The Morgan fingerprint density at radius 1 is 0.980 bits per heavy atom. The molecule has 2 fully saturated rings. The second-order valence-corrected chi connectivity index (χ2v) is 13.4. The van der Waals surface area contributed by atoms with Gasteiger partial charge in [-0.1, -0.05) is 24.3 Å². The van der Waals surface area contributed by atoms with Crippen LogP contribution in [-0.2, 0) is 29.1 Å². The lowest BCUT2D eigenvalue weighted by Gasteiger charge is -2.34. The third kappa shape index (κ3) is 7.65. The van der Waals surface area contributed by atoms with Gasteiger partial charge in [0, 0.05) is 32.2 Å². The fourth-order valence-electron chi connectivity index (χ4n) is 7.57. The average molecular weight is 688 g/mol. The van der Waals surface area contributed by atoms with Crippen molar-refractivity contribution in [2.45, 2.75) is 57.7 Å². The Morgan fingerprint density at radius 2 is 1.68 bits per heavy atom. The molecule has 1 aromatic heterocycles. The van der Waals surface area contributed by atoms with Gasteiger partial charge in [-0.05, 0) is 92.6 Å². The number of fused-ring (bicyclic) bond motifs is 1. The Hall–Kier alpha value is -4.84. The zero-order chi connectivity index (χ0) is 35.3. The molecule has 3 heterocycles. The summed E-state index contributed by atoms with van der Waals surface area (Å²) in [5.74, 6) is 1.10. The van der Waals surface area contributed by atoms with Crippen LogP contribution in [0.1, 0.15) is 43.2 Å². The molecular weight excluding hydrogens is 641 g/mol. The summed E-state index contributed by atoms with van der Waals surface area (Å²) < 4.78 is 32.1. The van der Waals surface area contributed by atoms with Crippen molar-refractivity contribution in [2.75, 3.05) is 52.8 Å². The number of para-hydroxylation sites is 2. The van der Waals surface area contributed by atoms with Crippen molar-refractivity contribution in [3.8, 4) is 17.2 Å². The van der Waals surface area contributed by atoms with E-state index >= 15 is 0 Å². The molecule has 1 atom stereocenters. The predicted octanol–water partition coefficient (Wildman–Crippen LogP) is 5.60. The molecule has 2 aliphatic heterocycles. The molecule has 6 rings (SSSR count). The highest BCUT2D eigenvalue weighted by atomic mass is 19.1. The SMILES string of the molecule is COc1cc(CN2CCC(CCCN3CCC(Nc4nc5ccccc5n4CC(=O)O)CC3)(Cc3ccc(F)cc3)C2=O)cc(OC)c1OC. The first-order chi connectivity index (χ1) is 24.2. The zero-order valence-electron chi connectivity index (χ0n) is 29.0. The lowest BCUT2D eigenvalue weighted by molar-refractivity contribution is -0.138. The molecule has 0 radical (unpaired) electrons. The van der Waals surface area contributed by atoms with Gasteiger partial charge in [0.2, 0.25) is 17.6 Å². The molecule has 50 heavy (non-hydrogen) atoms.